The minimum Gasteiger partial charge on any atom is -0.494 e. The summed E-state index contributed by atoms with van der Waals surface area (Å²) in [6, 6.07) is 11.2. The van der Waals surface area contributed by atoms with Crippen molar-refractivity contribution in [2.24, 2.45) is 0 Å². The van der Waals surface area contributed by atoms with Crippen LogP contribution in [-0.2, 0) is 4.79 Å². The average molecular weight is 536 g/mol. The van der Waals surface area contributed by atoms with Gasteiger partial charge in [-0.05, 0) is 73.3 Å². The molecule has 184 valence electrons. The van der Waals surface area contributed by atoms with E-state index in [1.54, 1.807) is 24.3 Å². The van der Waals surface area contributed by atoms with Gasteiger partial charge in [-0.1, -0.05) is 48.2 Å². The molecule has 1 heterocycles. The van der Waals surface area contributed by atoms with Crippen molar-refractivity contribution in [3.63, 3.8) is 0 Å². The third-order valence-corrected chi connectivity index (χ3v) is 7.45. The number of amides is 2. The molecule has 0 saturated heterocycles. The first-order valence-corrected chi connectivity index (χ1v) is 12.8. The summed E-state index contributed by atoms with van der Waals surface area (Å²) in [5.41, 5.74) is 0.812. The van der Waals surface area contributed by atoms with E-state index in [2.05, 4.69) is 9.69 Å². The SMILES string of the molecule is CCOc1ccc(N(C(=O)c2nsc(Cl)c2Cl)[C@H](C(=O)NC2CCCC2)c2ccc(F)cc2)cc1. The molecule has 2 aromatic carbocycles. The number of benzene rings is 2. The van der Waals surface area contributed by atoms with Crippen LogP contribution in [0.4, 0.5) is 10.1 Å². The summed E-state index contributed by atoms with van der Waals surface area (Å²) in [6.45, 7) is 2.35. The Labute approximate surface area is 217 Å². The molecule has 0 radical (unpaired) electrons. The fourth-order valence-electron chi connectivity index (χ4n) is 4.17. The number of carbonyl (C=O) groups is 2. The Morgan fingerprint density at radius 2 is 1.80 bits per heavy atom. The maximum atomic E-state index is 13.9. The molecule has 0 unspecified atom stereocenters. The highest BCUT2D eigenvalue weighted by Gasteiger charge is 2.37. The Hall–Kier alpha value is -2.68. The van der Waals surface area contributed by atoms with Crippen LogP contribution in [0, 0.1) is 5.82 Å². The van der Waals surface area contributed by atoms with Gasteiger partial charge in [-0.3, -0.25) is 14.5 Å². The van der Waals surface area contributed by atoms with Gasteiger partial charge in [0.1, 0.15) is 27.0 Å². The predicted molar refractivity (Wildman–Crippen MR) is 136 cm³/mol. The molecule has 1 fully saturated rings. The first kappa shape index (κ1) is 25.4. The van der Waals surface area contributed by atoms with Crippen LogP contribution in [-0.4, -0.2) is 28.8 Å². The Bertz CT molecular complexity index is 1180. The van der Waals surface area contributed by atoms with Crippen molar-refractivity contribution >= 4 is 52.2 Å². The molecule has 35 heavy (non-hydrogen) atoms. The van der Waals surface area contributed by atoms with Crippen LogP contribution >= 0.6 is 34.7 Å². The van der Waals surface area contributed by atoms with Crippen LogP contribution in [0.25, 0.3) is 0 Å². The van der Waals surface area contributed by atoms with Crippen LogP contribution in [0.15, 0.2) is 48.5 Å². The van der Waals surface area contributed by atoms with E-state index in [1.165, 1.54) is 29.2 Å². The number of hydrogen-bond acceptors (Lipinski definition) is 5. The number of nitrogens with zero attached hydrogens (tertiary/aromatic N) is 2. The number of carbonyl (C=O) groups excluding carboxylic acids is 2. The second kappa shape index (κ2) is 11.4. The van der Waals surface area contributed by atoms with E-state index < -0.39 is 17.8 Å². The van der Waals surface area contributed by atoms with Crippen molar-refractivity contribution in [3.8, 4) is 5.75 Å². The molecule has 1 saturated carbocycles. The highest BCUT2D eigenvalue weighted by molar-refractivity contribution is 7.11. The largest absolute Gasteiger partial charge is 0.494 e. The molecule has 1 N–H and O–H groups in total. The van der Waals surface area contributed by atoms with Gasteiger partial charge in [0.15, 0.2) is 5.69 Å². The van der Waals surface area contributed by atoms with Gasteiger partial charge in [0.2, 0.25) is 5.91 Å². The molecule has 0 aliphatic heterocycles. The Morgan fingerprint density at radius 1 is 1.14 bits per heavy atom. The lowest BCUT2D eigenvalue weighted by molar-refractivity contribution is -0.123. The minimum atomic E-state index is -1.10. The molecule has 1 aliphatic rings. The number of rotatable bonds is 8. The Morgan fingerprint density at radius 3 is 2.37 bits per heavy atom. The van der Waals surface area contributed by atoms with Crippen molar-refractivity contribution in [1.29, 1.82) is 0 Å². The van der Waals surface area contributed by atoms with E-state index in [0.29, 0.717) is 23.6 Å². The summed E-state index contributed by atoms with van der Waals surface area (Å²) in [4.78, 5) is 28.9. The normalized spacial score (nSPS) is 14.5. The Balaban J connectivity index is 1.82. The smallest absolute Gasteiger partial charge is 0.280 e. The molecule has 2 amide bonds. The second-order valence-corrected chi connectivity index (χ2v) is 9.92. The number of nitrogens with one attached hydrogen (secondary N) is 1. The minimum absolute atomic E-state index is 0.0139. The van der Waals surface area contributed by atoms with Gasteiger partial charge in [0, 0.05) is 11.7 Å². The maximum Gasteiger partial charge on any atom is 0.280 e. The zero-order valence-electron chi connectivity index (χ0n) is 19.0. The van der Waals surface area contributed by atoms with Gasteiger partial charge >= 0.3 is 0 Å². The molecule has 10 heteroatoms. The number of ether oxygens (including phenoxy) is 1. The molecule has 0 bridgehead atoms. The van der Waals surface area contributed by atoms with Crippen LogP contribution in [0.2, 0.25) is 9.36 Å². The monoisotopic (exact) mass is 535 g/mol. The number of halogens is 3. The number of anilines is 1. The summed E-state index contributed by atoms with van der Waals surface area (Å²) in [5, 5.41) is 3.09. The zero-order valence-corrected chi connectivity index (χ0v) is 21.3. The highest BCUT2D eigenvalue weighted by atomic mass is 35.5. The predicted octanol–water partition coefficient (Wildman–Crippen LogP) is 6.43. The van der Waals surface area contributed by atoms with Crippen molar-refractivity contribution < 1.29 is 18.7 Å². The van der Waals surface area contributed by atoms with Gasteiger partial charge < -0.3 is 10.1 Å². The van der Waals surface area contributed by atoms with E-state index in [1.807, 2.05) is 6.92 Å². The van der Waals surface area contributed by atoms with Gasteiger partial charge in [-0.2, -0.15) is 4.37 Å². The molecular formula is C25H24Cl2FN3O3S. The van der Waals surface area contributed by atoms with Crippen LogP contribution in [0.5, 0.6) is 5.75 Å². The molecule has 3 aromatic rings. The molecule has 1 aromatic heterocycles. The Kier molecular flexibility index (Phi) is 8.26. The lowest BCUT2D eigenvalue weighted by Crippen LogP contribution is -2.46. The van der Waals surface area contributed by atoms with E-state index in [4.69, 9.17) is 27.9 Å². The van der Waals surface area contributed by atoms with E-state index in [0.717, 1.165) is 37.2 Å². The lowest BCUT2D eigenvalue weighted by Gasteiger charge is -2.32. The van der Waals surface area contributed by atoms with Gasteiger partial charge in [0.25, 0.3) is 5.91 Å². The van der Waals surface area contributed by atoms with Gasteiger partial charge in [-0.15, -0.1) is 0 Å². The summed E-state index contributed by atoms with van der Waals surface area (Å²) in [5.74, 6) is -0.800. The summed E-state index contributed by atoms with van der Waals surface area (Å²) >= 11 is 13.3. The maximum absolute atomic E-state index is 13.9. The fraction of sp³-hybridized carbons (Fsp3) is 0.320. The average Bonchev–Trinajstić information content (AvgIpc) is 3.48. The highest BCUT2D eigenvalue weighted by Crippen LogP contribution is 2.36. The van der Waals surface area contributed by atoms with Crippen molar-refractivity contribution in [2.75, 3.05) is 11.5 Å². The summed E-state index contributed by atoms with van der Waals surface area (Å²) < 4.78 is 23.6. The molecular weight excluding hydrogens is 512 g/mol. The lowest BCUT2D eigenvalue weighted by atomic mass is 10.0. The second-order valence-electron chi connectivity index (χ2n) is 8.16. The molecule has 1 aliphatic carbocycles. The van der Waals surface area contributed by atoms with Crippen LogP contribution in [0.1, 0.15) is 54.7 Å². The van der Waals surface area contributed by atoms with E-state index in [-0.39, 0.29) is 27.0 Å². The summed E-state index contributed by atoms with van der Waals surface area (Å²) in [6.07, 6.45) is 3.79. The molecule has 6 nitrogen and oxygen atoms in total. The van der Waals surface area contributed by atoms with Crippen molar-refractivity contribution in [3.05, 3.63) is 75.0 Å². The molecule has 1 atom stereocenters. The first-order chi connectivity index (χ1) is 16.9. The van der Waals surface area contributed by atoms with E-state index in [9.17, 15) is 14.0 Å². The number of aromatic nitrogens is 1. The first-order valence-electron chi connectivity index (χ1n) is 11.3. The molecule has 0 spiro atoms. The van der Waals surface area contributed by atoms with Crippen molar-refractivity contribution in [1.82, 2.24) is 9.69 Å². The van der Waals surface area contributed by atoms with Crippen LogP contribution < -0.4 is 15.0 Å². The number of hydrogen-bond donors (Lipinski definition) is 1. The van der Waals surface area contributed by atoms with Gasteiger partial charge in [0.05, 0.1) is 6.61 Å². The zero-order chi connectivity index (χ0) is 24.9. The fourth-order valence-corrected chi connectivity index (χ4v) is 5.16. The van der Waals surface area contributed by atoms with E-state index >= 15 is 0 Å². The third kappa shape index (κ3) is 5.77. The van der Waals surface area contributed by atoms with Crippen LogP contribution in [0.3, 0.4) is 0 Å². The standard InChI is InChI=1S/C25H24Cl2FN3O3S/c1-2-34-19-13-11-18(12-14-19)31(25(33)21-20(26)23(27)35-30-21)22(15-7-9-16(28)10-8-15)24(32)29-17-5-3-4-6-17/h7-14,17,22H,2-6H2,1H3,(H,29,32)/t22-/m0/s1. The van der Waals surface area contributed by atoms with Gasteiger partial charge in [-0.25, -0.2) is 4.39 Å². The molecule has 4 rings (SSSR count). The topological polar surface area (TPSA) is 71.5 Å². The quantitative estimate of drug-likeness (QED) is 0.360. The third-order valence-electron chi connectivity index (χ3n) is 5.84. The summed E-state index contributed by atoms with van der Waals surface area (Å²) in [7, 11) is 0. The van der Waals surface area contributed by atoms with Crippen molar-refractivity contribution in [2.45, 2.75) is 44.7 Å².